The zero-order chi connectivity index (χ0) is 16.9. The first-order valence-corrected chi connectivity index (χ1v) is 8.31. The van der Waals surface area contributed by atoms with Crippen molar-refractivity contribution in [3.63, 3.8) is 0 Å². The van der Waals surface area contributed by atoms with Crippen LogP contribution < -0.4 is 4.90 Å². The van der Waals surface area contributed by atoms with Crippen molar-refractivity contribution in [2.75, 3.05) is 45.2 Å². The fourth-order valence-corrected chi connectivity index (χ4v) is 2.94. The molecule has 0 atom stereocenters. The van der Waals surface area contributed by atoms with Crippen LogP contribution in [0.5, 0.6) is 0 Å². The predicted molar refractivity (Wildman–Crippen MR) is 96.2 cm³/mol. The number of anilines is 1. The van der Waals surface area contributed by atoms with Crippen LogP contribution in [0.3, 0.4) is 0 Å². The topological polar surface area (TPSA) is 39.7 Å². The van der Waals surface area contributed by atoms with Crippen molar-refractivity contribution >= 4 is 11.6 Å². The number of hydrogen-bond donors (Lipinski definition) is 0. The van der Waals surface area contributed by atoms with Crippen molar-refractivity contribution in [3.8, 4) is 0 Å². The summed E-state index contributed by atoms with van der Waals surface area (Å²) in [6.07, 6.45) is 3.70. The van der Waals surface area contributed by atoms with Gasteiger partial charge in [0.15, 0.2) is 0 Å². The van der Waals surface area contributed by atoms with E-state index in [1.54, 1.807) is 6.20 Å². The maximum absolute atomic E-state index is 12.6. The normalized spacial score (nSPS) is 15.3. The smallest absolute Gasteiger partial charge is 0.253 e. The van der Waals surface area contributed by atoms with Gasteiger partial charge in [-0.25, -0.2) is 0 Å². The molecule has 1 aromatic carbocycles. The zero-order valence-corrected chi connectivity index (χ0v) is 14.4. The van der Waals surface area contributed by atoms with Crippen LogP contribution >= 0.6 is 0 Å². The molecule has 0 aliphatic carbocycles. The summed E-state index contributed by atoms with van der Waals surface area (Å²) in [5, 5.41) is 0. The van der Waals surface area contributed by atoms with Gasteiger partial charge in [-0.3, -0.25) is 14.7 Å². The third-order valence-electron chi connectivity index (χ3n) is 4.42. The number of carbonyl (C=O) groups is 1. The van der Waals surface area contributed by atoms with Crippen LogP contribution in [0.4, 0.5) is 5.69 Å². The summed E-state index contributed by atoms with van der Waals surface area (Å²) in [5.74, 6) is 0.126. The van der Waals surface area contributed by atoms with Gasteiger partial charge in [0, 0.05) is 70.5 Å². The van der Waals surface area contributed by atoms with E-state index >= 15 is 0 Å². The molecular formula is C19H24N4O. The van der Waals surface area contributed by atoms with Crippen LogP contribution in [0, 0.1) is 0 Å². The highest BCUT2D eigenvalue weighted by Gasteiger charge is 2.22. The van der Waals surface area contributed by atoms with Gasteiger partial charge in [0.2, 0.25) is 0 Å². The highest BCUT2D eigenvalue weighted by Crippen LogP contribution is 2.15. The van der Waals surface area contributed by atoms with Crippen molar-refractivity contribution in [1.29, 1.82) is 0 Å². The van der Waals surface area contributed by atoms with E-state index in [1.807, 2.05) is 60.4 Å². The minimum atomic E-state index is 0.126. The SMILES string of the molecule is CN(C)c1ccc(C(=O)N2CCN(Cc3cccnc3)CC2)cc1. The van der Waals surface area contributed by atoms with Crippen LogP contribution in [-0.4, -0.2) is 61.0 Å². The van der Waals surface area contributed by atoms with Crippen molar-refractivity contribution in [2.45, 2.75) is 6.54 Å². The maximum Gasteiger partial charge on any atom is 0.253 e. The van der Waals surface area contributed by atoms with Crippen LogP contribution in [-0.2, 0) is 6.54 Å². The molecule has 5 nitrogen and oxygen atoms in total. The van der Waals surface area contributed by atoms with Gasteiger partial charge in [-0.2, -0.15) is 0 Å². The van der Waals surface area contributed by atoms with Gasteiger partial charge in [0.1, 0.15) is 0 Å². The Balaban J connectivity index is 1.55. The van der Waals surface area contributed by atoms with Crippen molar-refractivity contribution < 1.29 is 4.79 Å². The van der Waals surface area contributed by atoms with Gasteiger partial charge in [0.05, 0.1) is 0 Å². The number of pyridine rings is 1. The molecule has 2 heterocycles. The Morgan fingerprint density at radius 3 is 2.38 bits per heavy atom. The molecule has 0 saturated carbocycles. The lowest BCUT2D eigenvalue weighted by Crippen LogP contribution is -2.48. The lowest BCUT2D eigenvalue weighted by Gasteiger charge is -2.34. The Labute approximate surface area is 143 Å². The zero-order valence-electron chi connectivity index (χ0n) is 14.4. The summed E-state index contributed by atoms with van der Waals surface area (Å²) in [6, 6.07) is 11.9. The predicted octanol–water partition coefficient (Wildman–Crippen LogP) is 2.11. The van der Waals surface area contributed by atoms with E-state index < -0.39 is 0 Å². The fraction of sp³-hybridized carbons (Fsp3) is 0.368. The van der Waals surface area contributed by atoms with E-state index in [2.05, 4.69) is 16.0 Å². The number of nitrogens with zero attached hydrogens (tertiary/aromatic N) is 4. The minimum absolute atomic E-state index is 0.126. The highest BCUT2D eigenvalue weighted by molar-refractivity contribution is 5.94. The van der Waals surface area contributed by atoms with Gasteiger partial charge in [0.25, 0.3) is 5.91 Å². The molecule has 0 bridgehead atoms. The van der Waals surface area contributed by atoms with Crippen LogP contribution in [0.1, 0.15) is 15.9 Å². The Morgan fingerprint density at radius 1 is 1.08 bits per heavy atom. The van der Waals surface area contributed by atoms with E-state index in [1.165, 1.54) is 5.56 Å². The molecule has 24 heavy (non-hydrogen) atoms. The standard InChI is InChI=1S/C19H24N4O/c1-21(2)18-7-5-17(6-8-18)19(24)23-12-10-22(11-13-23)15-16-4-3-9-20-14-16/h3-9,14H,10-13,15H2,1-2H3. The third kappa shape index (κ3) is 3.92. The van der Waals surface area contributed by atoms with Crippen molar-refractivity contribution in [3.05, 3.63) is 59.9 Å². The molecule has 0 radical (unpaired) electrons. The molecule has 126 valence electrons. The summed E-state index contributed by atoms with van der Waals surface area (Å²) in [7, 11) is 4.00. The average Bonchev–Trinajstić information content (AvgIpc) is 2.63. The number of piperazine rings is 1. The molecule has 1 aliphatic heterocycles. The largest absolute Gasteiger partial charge is 0.378 e. The van der Waals surface area contributed by atoms with Crippen molar-refractivity contribution in [2.24, 2.45) is 0 Å². The number of amides is 1. The molecule has 5 heteroatoms. The second kappa shape index (κ2) is 7.45. The van der Waals surface area contributed by atoms with Crippen LogP contribution in [0.25, 0.3) is 0 Å². The lowest BCUT2D eigenvalue weighted by atomic mass is 10.1. The number of aromatic nitrogens is 1. The summed E-state index contributed by atoms with van der Waals surface area (Å²) in [6.45, 7) is 4.24. The summed E-state index contributed by atoms with van der Waals surface area (Å²) in [5.41, 5.74) is 3.09. The third-order valence-corrected chi connectivity index (χ3v) is 4.42. The highest BCUT2D eigenvalue weighted by atomic mass is 16.2. The number of rotatable bonds is 4. The molecule has 1 aliphatic rings. The average molecular weight is 324 g/mol. The Kier molecular flexibility index (Phi) is 5.11. The molecule has 3 rings (SSSR count). The van der Waals surface area contributed by atoms with Gasteiger partial charge < -0.3 is 9.80 Å². The second-order valence-corrected chi connectivity index (χ2v) is 6.37. The quantitative estimate of drug-likeness (QED) is 0.863. The van der Waals surface area contributed by atoms with E-state index in [9.17, 15) is 4.79 Å². The monoisotopic (exact) mass is 324 g/mol. The second-order valence-electron chi connectivity index (χ2n) is 6.37. The molecule has 0 spiro atoms. The van der Waals surface area contributed by atoms with Crippen LogP contribution in [0.2, 0.25) is 0 Å². The molecule has 1 saturated heterocycles. The Hall–Kier alpha value is -2.40. The van der Waals surface area contributed by atoms with Gasteiger partial charge in [-0.05, 0) is 35.9 Å². The molecule has 1 aromatic heterocycles. The first-order chi connectivity index (χ1) is 11.6. The number of carbonyl (C=O) groups excluding carboxylic acids is 1. The van der Waals surface area contributed by atoms with Gasteiger partial charge in [-0.1, -0.05) is 6.07 Å². The van der Waals surface area contributed by atoms with E-state index in [0.29, 0.717) is 0 Å². The van der Waals surface area contributed by atoms with E-state index in [4.69, 9.17) is 0 Å². The van der Waals surface area contributed by atoms with Gasteiger partial charge in [-0.15, -0.1) is 0 Å². The minimum Gasteiger partial charge on any atom is -0.378 e. The molecule has 0 unspecified atom stereocenters. The van der Waals surface area contributed by atoms with E-state index in [0.717, 1.165) is 44.0 Å². The lowest BCUT2D eigenvalue weighted by molar-refractivity contribution is 0.0628. The Morgan fingerprint density at radius 2 is 1.79 bits per heavy atom. The molecular weight excluding hydrogens is 300 g/mol. The number of hydrogen-bond acceptors (Lipinski definition) is 4. The number of benzene rings is 1. The first kappa shape index (κ1) is 16.5. The van der Waals surface area contributed by atoms with Crippen LogP contribution in [0.15, 0.2) is 48.8 Å². The van der Waals surface area contributed by atoms with Crippen molar-refractivity contribution in [1.82, 2.24) is 14.8 Å². The fourth-order valence-electron chi connectivity index (χ4n) is 2.94. The Bertz CT molecular complexity index is 662. The van der Waals surface area contributed by atoms with Gasteiger partial charge >= 0.3 is 0 Å². The van der Waals surface area contributed by atoms with E-state index in [-0.39, 0.29) is 5.91 Å². The first-order valence-electron chi connectivity index (χ1n) is 8.31. The molecule has 1 fully saturated rings. The summed E-state index contributed by atoms with van der Waals surface area (Å²) < 4.78 is 0. The summed E-state index contributed by atoms with van der Waals surface area (Å²) in [4.78, 5) is 23.1. The summed E-state index contributed by atoms with van der Waals surface area (Å²) >= 11 is 0. The maximum atomic E-state index is 12.6. The molecule has 2 aromatic rings. The molecule has 0 N–H and O–H groups in total. The molecule has 1 amide bonds.